The molecule has 128 valence electrons. The Labute approximate surface area is 140 Å². The van der Waals surface area contributed by atoms with E-state index in [4.69, 9.17) is 17.3 Å². The summed E-state index contributed by atoms with van der Waals surface area (Å²) in [4.78, 5) is 10.6. The second kappa shape index (κ2) is 6.33. The number of primary amides is 1. The number of nitrogens with one attached hydrogen (secondary N) is 1. The number of anilines is 1. The molecule has 0 saturated heterocycles. The molecule has 0 aliphatic rings. The average Bonchev–Trinajstić information content (AvgIpc) is 2.46. The molecule has 0 aromatic heterocycles. The van der Waals surface area contributed by atoms with Gasteiger partial charge in [0.1, 0.15) is 0 Å². The lowest BCUT2D eigenvalue weighted by atomic mass is 10.2. The molecular weight excluding hydrogens is 369 g/mol. The van der Waals surface area contributed by atoms with E-state index in [9.17, 15) is 26.4 Å². The first-order valence-electron chi connectivity index (χ1n) is 6.31. The number of halogens is 4. The third kappa shape index (κ3) is 3.80. The first-order valence-corrected chi connectivity index (χ1v) is 8.17. The van der Waals surface area contributed by atoms with E-state index in [0.717, 1.165) is 12.1 Å². The Morgan fingerprint density at radius 2 is 1.75 bits per heavy atom. The maximum atomic E-state index is 12.9. The molecule has 0 aliphatic carbocycles. The molecule has 2 aromatic rings. The Bertz CT molecular complexity index is 898. The van der Waals surface area contributed by atoms with Crippen LogP contribution in [0.25, 0.3) is 0 Å². The Morgan fingerprint density at radius 3 is 2.33 bits per heavy atom. The Morgan fingerprint density at radius 1 is 1.12 bits per heavy atom. The lowest BCUT2D eigenvalue weighted by Crippen LogP contribution is -2.19. The molecule has 0 atom stereocenters. The maximum absolute atomic E-state index is 12.9. The Hall–Kier alpha value is -2.26. The van der Waals surface area contributed by atoms with Gasteiger partial charge < -0.3 is 5.73 Å². The molecule has 5 nitrogen and oxygen atoms in total. The zero-order valence-electron chi connectivity index (χ0n) is 11.8. The normalized spacial score (nSPS) is 12.0. The number of benzene rings is 2. The number of nitrogens with two attached hydrogens (primary N) is 1. The molecule has 0 unspecified atom stereocenters. The van der Waals surface area contributed by atoms with Crippen molar-refractivity contribution < 1.29 is 26.4 Å². The monoisotopic (exact) mass is 378 g/mol. The number of para-hydroxylation sites is 1. The van der Waals surface area contributed by atoms with E-state index in [1.165, 1.54) is 24.3 Å². The minimum atomic E-state index is -4.81. The zero-order chi connectivity index (χ0) is 18.1. The second-order valence-electron chi connectivity index (χ2n) is 4.65. The minimum absolute atomic E-state index is 0.119. The van der Waals surface area contributed by atoms with Gasteiger partial charge in [0.25, 0.3) is 15.9 Å². The minimum Gasteiger partial charge on any atom is -0.366 e. The number of hydrogen-bond acceptors (Lipinski definition) is 3. The molecule has 24 heavy (non-hydrogen) atoms. The number of hydrogen-bond donors (Lipinski definition) is 2. The molecule has 2 aromatic carbocycles. The Kier molecular flexibility index (Phi) is 4.77. The van der Waals surface area contributed by atoms with Crippen LogP contribution >= 0.6 is 11.6 Å². The molecule has 1 amide bonds. The van der Waals surface area contributed by atoms with Crippen molar-refractivity contribution in [1.29, 1.82) is 0 Å². The third-order valence-corrected chi connectivity index (χ3v) is 4.68. The summed E-state index contributed by atoms with van der Waals surface area (Å²) in [5, 5.41) is -0.626. The molecule has 0 bridgehead atoms. The summed E-state index contributed by atoms with van der Waals surface area (Å²) >= 11 is 5.46. The van der Waals surface area contributed by atoms with Crippen LogP contribution in [0, 0.1) is 0 Å². The number of rotatable bonds is 4. The highest BCUT2D eigenvalue weighted by atomic mass is 35.5. The van der Waals surface area contributed by atoms with Crippen LogP contribution in [0.2, 0.25) is 5.02 Å². The van der Waals surface area contributed by atoms with Gasteiger partial charge in [-0.3, -0.25) is 9.52 Å². The summed E-state index contributed by atoms with van der Waals surface area (Å²) in [5.74, 6) is -0.889. The van der Waals surface area contributed by atoms with Crippen LogP contribution < -0.4 is 10.5 Å². The van der Waals surface area contributed by atoms with E-state index in [1.807, 2.05) is 4.72 Å². The molecule has 0 fully saturated rings. The lowest BCUT2D eigenvalue weighted by Gasteiger charge is -2.13. The molecule has 0 saturated carbocycles. The second-order valence-corrected chi connectivity index (χ2v) is 6.74. The highest BCUT2D eigenvalue weighted by molar-refractivity contribution is 7.92. The van der Waals surface area contributed by atoms with E-state index < -0.39 is 37.6 Å². The van der Waals surface area contributed by atoms with Crippen LogP contribution in [0.15, 0.2) is 47.4 Å². The molecule has 0 aliphatic heterocycles. The predicted octanol–water partition coefficient (Wildman–Crippen LogP) is 3.26. The van der Waals surface area contributed by atoms with Gasteiger partial charge >= 0.3 is 6.18 Å². The van der Waals surface area contributed by atoms with Gasteiger partial charge in [0.2, 0.25) is 0 Å². The largest absolute Gasteiger partial charge is 0.417 e. The Balaban J connectivity index is 2.48. The van der Waals surface area contributed by atoms with Gasteiger partial charge in [-0.15, -0.1) is 0 Å². The van der Waals surface area contributed by atoms with Crippen molar-refractivity contribution in [1.82, 2.24) is 0 Å². The summed E-state index contributed by atoms with van der Waals surface area (Å²) in [7, 11) is -4.39. The third-order valence-electron chi connectivity index (χ3n) is 2.99. The van der Waals surface area contributed by atoms with Crippen molar-refractivity contribution in [3.63, 3.8) is 0 Å². The smallest absolute Gasteiger partial charge is 0.366 e. The first kappa shape index (κ1) is 18.1. The number of sulfonamides is 1. The van der Waals surface area contributed by atoms with Crippen molar-refractivity contribution in [3.05, 3.63) is 58.6 Å². The van der Waals surface area contributed by atoms with Crippen molar-refractivity contribution in [2.75, 3.05) is 4.72 Å². The van der Waals surface area contributed by atoms with E-state index in [2.05, 4.69) is 0 Å². The first-order chi connectivity index (χ1) is 11.0. The number of carbonyl (C=O) groups is 1. The fraction of sp³-hybridized carbons (Fsp3) is 0.0714. The van der Waals surface area contributed by atoms with E-state index in [1.54, 1.807) is 0 Å². The highest BCUT2D eigenvalue weighted by Crippen LogP contribution is 2.36. The summed E-state index contributed by atoms with van der Waals surface area (Å²) in [6, 6.07) is 7.61. The average molecular weight is 379 g/mol. The maximum Gasteiger partial charge on any atom is 0.417 e. The van der Waals surface area contributed by atoms with Gasteiger partial charge in [-0.25, -0.2) is 8.42 Å². The van der Waals surface area contributed by atoms with Gasteiger partial charge in [-0.05, 0) is 30.3 Å². The zero-order valence-corrected chi connectivity index (χ0v) is 13.3. The molecule has 0 radical (unpaired) electrons. The van der Waals surface area contributed by atoms with Crippen molar-refractivity contribution in [2.45, 2.75) is 11.1 Å². The predicted molar refractivity (Wildman–Crippen MR) is 82.2 cm³/mol. The molecule has 3 N–H and O–H groups in total. The van der Waals surface area contributed by atoms with Crippen LogP contribution in [-0.4, -0.2) is 14.3 Å². The quantitative estimate of drug-likeness (QED) is 0.855. The van der Waals surface area contributed by atoms with Gasteiger partial charge in [-0.1, -0.05) is 23.7 Å². The van der Waals surface area contributed by atoms with Crippen LogP contribution in [0.5, 0.6) is 0 Å². The van der Waals surface area contributed by atoms with Crippen LogP contribution in [0.3, 0.4) is 0 Å². The van der Waals surface area contributed by atoms with Crippen molar-refractivity contribution in [2.24, 2.45) is 5.73 Å². The molecule has 0 spiro atoms. The van der Waals surface area contributed by atoms with Crippen LogP contribution in [0.1, 0.15) is 15.9 Å². The molecular formula is C14H10ClF3N2O3S. The van der Waals surface area contributed by atoms with Gasteiger partial charge in [0.15, 0.2) is 0 Å². The van der Waals surface area contributed by atoms with Gasteiger partial charge in [0.05, 0.1) is 26.7 Å². The van der Waals surface area contributed by atoms with Crippen molar-refractivity contribution >= 4 is 33.2 Å². The molecule has 2 rings (SSSR count). The fourth-order valence-corrected chi connectivity index (χ4v) is 3.21. The summed E-state index contributed by atoms with van der Waals surface area (Å²) in [6.45, 7) is 0. The number of carbonyl (C=O) groups excluding carboxylic acids is 1. The highest BCUT2D eigenvalue weighted by Gasteiger charge is 2.34. The van der Waals surface area contributed by atoms with Crippen molar-refractivity contribution in [3.8, 4) is 0 Å². The standard InChI is InChI=1S/C14H10ClF3N2O3S/c15-11-6-5-8(7-10(11)14(16,17)18)24(22,23)20-12-4-2-1-3-9(12)13(19)21/h1-7,20H,(H2,19,21). The van der Waals surface area contributed by atoms with Gasteiger partial charge in [-0.2, -0.15) is 13.2 Å². The van der Waals surface area contributed by atoms with E-state index in [-0.39, 0.29) is 11.3 Å². The van der Waals surface area contributed by atoms with Crippen LogP contribution in [-0.2, 0) is 16.2 Å². The SMILES string of the molecule is NC(=O)c1ccccc1NS(=O)(=O)c1ccc(Cl)c(C(F)(F)F)c1. The molecule has 10 heteroatoms. The molecule has 0 heterocycles. The summed E-state index contributed by atoms with van der Waals surface area (Å²) in [5.41, 5.74) is 3.59. The number of amides is 1. The van der Waals surface area contributed by atoms with Gasteiger partial charge in [0, 0.05) is 0 Å². The van der Waals surface area contributed by atoms with E-state index in [0.29, 0.717) is 6.07 Å². The summed E-state index contributed by atoms with van der Waals surface area (Å²) in [6.07, 6.45) is -4.81. The lowest BCUT2D eigenvalue weighted by molar-refractivity contribution is -0.137. The fourth-order valence-electron chi connectivity index (χ4n) is 1.88. The topological polar surface area (TPSA) is 89.3 Å². The van der Waals surface area contributed by atoms with Crippen LogP contribution in [0.4, 0.5) is 18.9 Å². The van der Waals surface area contributed by atoms with E-state index >= 15 is 0 Å². The number of alkyl halides is 3. The summed E-state index contributed by atoms with van der Waals surface area (Å²) < 4.78 is 65.2.